The van der Waals surface area contributed by atoms with Gasteiger partial charge in [-0.15, -0.1) is 0 Å². The van der Waals surface area contributed by atoms with Crippen LogP contribution in [-0.4, -0.2) is 21.6 Å². The lowest BCUT2D eigenvalue weighted by molar-refractivity contribution is 0.472. The van der Waals surface area contributed by atoms with Gasteiger partial charge in [0.05, 0.1) is 12.1 Å². The summed E-state index contributed by atoms with van der Waals surface area (Å²) in [6.07, 6.45) is 5.54. The standard InChI is InChI=1S/C12H20N4/c1-4-12-14-6-8-16(12)7-5-11(9-13)15-10(2)3/h6,8,10-11,15H,4-5,7H2,1-3H3. The molecule has 1 aromatic heterocycles. The lowest BCUT2D eigenvalue weighted by atomic mass is 10.2. The summed E-state index contributed by atoms with van der Waals surface area (Å²) >= 11 is 0. The SMILES string of the molecule is CCc1nccn1CCC(C#N)NC(C)C. The molecule has 0 aliphatic rings. The summed E-state index contributed by atoms with van der Waals surface area (Å²) in [6.45, 7) is 7.05. The number of nitrogens with zero attached hydrogens (tertiary/aromatic N) is 3. The molecule has 0 saturated heterocycles. The minimum absolute atomic E-state index is 0.0768. The molecule has 0 spiro atoms. The third kappa shape index (κ3) is 3.67. The predicted molar refractivity (Wildman–Crippen MR) is 63.9 cm³/mol. The van der Waals surface area contributed by atoms with Crippen molar-refractivity contribution >= 4 is 0 Å². The second-order valence-corrected chi connectivity index (χ2v) is 4.18. The number of imidazole rings is 1. The van der Waals surface area contributed by atoms with Gasteiger partial charge in [0, 0.05) is 31.4 Å². The third-order valence-electron chi connectivity index (χ3n) is 2.47. The molecule has 4 nitrogen and oxygen atoms in total. The van der Waals surface area contributed by atoms with Crippen LogP contribution in [0, 0.1) is 11.3 Å². The molecule has 0 fully saturated rings. The highest BCUT2D eigenvalue weighted by atomic mass is 15.1. The molecule has 1 N–H and O–H groups in total. The van der Waals surface area contributed by atoms with Gasteiger partial charge in [0.1, 0.15) is 5.82 Å². The number of nitriles is 1. The quantitative estimate of drug-likeness (QED) is 0.794. The van der Waals surface area contributed by atoms with Gasteiger partial charge >= 0.3 is 0 Å². The van der Waals surface area contributed by atoms with E-state index in [1.165, 1.54) is 0 Å². The van der Waals surface area contributed by atoms with Crippen molar-refractivity contribution in [1.29, 1.82) is 5.26 Å². The maximum atomic E-state index is 8.99. The Morgan fingerprint density at radius 1 is 1.56 bits per heavy atom. The zero-order valence-corrected chi connectivity index (χ0v) is 10.3. The molecule has 0 bridgehead atoms. The predicted octanol–water partition coefficient (Wildman–Crippen LogP) is 1.73. The first-order chi connectivity index (χ1) is 7.67. The number of hydrogen-bond donors (Lipinski definition) is 1. The maximum Gasteiger partial charge on any atom is 0.108 e. The Hall–Kier alpha value is -1.34. The van der Waals surface area contributed by atoms with E-state index in [0.717, 1.165) is 25.2 Å². The van der Waals surface area contributed by atoms with Gasteiger partial charge in [-0.2, -0.15) is 5.26 Å². The third-order valence-corrected chi connectivity index (χ3v) is 2.47. The average Bonchev–Trinajstić information content (AvgIpc) is 2.70. The summed E-state index contributed by atoms with van der Waals surface area (Å²) in [4.78, 5) is 4.26. The van der Waals surface area contributed by atoms with Crippen LogP contribution < -0.4 is 5.32 Å². The molecule has 0 radical (unpaired) electrons. The molecule has 1 heterocycles. The summed E-state index contributed by atoms with van der Waals surface area (Å²) in [5, 5.41) is 12.2. The smallest absolute Gasteiger partial charge is 0.108 e. The normalized spacial score (nSPS) is 12.7. The zero-order valence-electron chi connectivity index (χ0n) is 10.3. The molecule has 0 amide bonds. The van der Waals surface area contributed by atoms with Gasteiger partial charge in [-0.1, -0.05) is 6.92 Å². The Morgan fingerprint density at radius 2 is 2.31 bits per heavy atom. The monoisotopic (exact) mass is 220 g/mol. The van der Waals surface area contributed by atoms with Crippen molar-refractivity contribution in [1.82, 2.24) is 14.9 Å². The van der Waals surface area contributed by atoms with Crippen LogP contribution in [0.4, 0.5) is 0 Å². The zero-order chi connectivity index (χ0) is 12.0. The molecule has 1 rings (SSSR count). The molecule has 16 heavy (non-hydrogen) atoms. The molecule has 1 atom stereocenters. The van der Waals surface area contributed by atoms with Crippen molar-refractivity contribution in [3.63, 3.8) is 0 Å². The summed E-state index contributed by atoms with van der Waals surface area (Å²) < 4.78 is 2.12. The van der Waals surface area contributed by atoms with E-state index in [-0.39, 0.29) is 6.04 Å². The molecule has 88 valence electrons. The fraction of sp³-hybridized carbons (Fsp3) is 0.667. The van der Waals surface area contributed by atoms with Crippen molar-refractivity contribution in [3.8, 4) is 6.07 Å². The van der Waals surface area contributed by atoms with E-state index in [2.05, 4.69) is 41.7 Å². The number of aromatic nitrogens is 2. The molecule has 0 saturated carbocycles. The van der Waals surface area contributed by atoms with Gasteiger partial charge in [0.2, 0.25) is 0 Å². The second kappa shape index (κ2) is 6.29. The van der Waals surface area contributed by atoms with E-state index in [9.17, 15) is 0 Å². The number of hydrogen-bond acceptors (Lipinski definition) is 3. The Bertz CT molecular complexity index is 348. The fourth-order valence-corrected chi connectivity index (χ4v) is 1.71. The molecule has 0 aliphatic carbocycles. The Morgan fingerprint density at radius 3 is 2.88 bits per heavy atom. The summed E-state index contributed by atoms with van der Waals surface area (Å²) in [5.74, 6) is 1.08. The van der Waals surface area contributed by atoms with Crippen molar-refractivity contribution in [2.75, 3.05) is 0 Å². The van der Waals surface area contributed by atoms with Crippen molar-refractivity contribution in [2.24, 2.45) is 0 Å². The Kier molecular flexibility index (Phi) is 5.00. The van der Waals surface area contributed by atoms with Gasteiger partial charge in [0.15, 0.2) is 0 Å². The maximum absolute atomic E-state index is 8.99. The van der Waals surface area contributed by atoms with Crippen LogP contribution in [0.3, 0.4) is 0 Å². The van der Waals surface area contributed by atoms with Gasteiger partial charge < -0.3 is 4.57 Å². The molecule has 0 aromatic carbocycles. The first-order valence-corrected chi connectivity index (χ1v) is 5.83. The van der Waals surface area contributed by atoms with Crippen LogP contribution in [0.25, 0.3) is 0 Å². The van der Waals surface area contributed by atoms with E-state index < -0.39 is 0 Å². The highest BCUT2D eigenvalue weighted by molar-refractivity contribution is 4.94. The topological polar surface area (TPSA) is 53.6 Å². The van der Waals surface area contributed by atoms with Crippen LogP contribution in [0.1, 0.15) is 33.0 Å². The fourth-order valence-electron chi connectivity index (χ4n) is 1.71. The van der Waals surface area contributed by atoms with E-state index in [1.54, 1.807) is 0 Å². The lowest BCUT2D eigenvalue weighted by Crippen LogP contribution is -2.34. The minimum Gasteiger partial charge on any atom is -0.335 e. The molecular formula is C12H20N4. The Balaban J connectivity index is 2.47. The molecule has 1 aromatic rings. The van der Waals surface area contributed by atoms with Gasteiger partial charge in [0.25, 0.3) is 0 Å². The number of aryl methyl sites for hydroxylation is 2. The first kappa shape index (κ1) is 12.7. The van der Waals surface area contributed by atoms with E-state index >= 15 is 0 Å². The van der Waals surface area contributed by atoms with Crippen LogP contribution in [0.15, 0.2) is 12.4 Å². The van der Waals surface area contributed by atoms with Gasteiger partial charge in [-0.3, -0.25) is 5.32 Å². The van der Waals surface area contributed by atoms with Crippen molar-refractivity contribution < 1.29 is 0 Å². The van der Waals surface area contributed by atoms with Gasteiger partial charge in [-0.25, -0.2) is 4.98 Å². The van der Waals surface area contributed by atoms with Crippen LogP contribution in [-0.2, 0) is 13.0 Å². The highest BCUT2D eigenvalue weighted by Gasteiger charge is 2.09. The van der Waals surface area contributed by atoms with Crippen LogP contribution in [0.5, 0.6) is 0 Å². The van der Waals surface area contributed by atoms with E-state index in [1.807, 2.05) is 12.4 Å². The van der Waals surface area contributed by atoms with Gasteiger partial charge in [-0.05, 0) is 20.3 Å². The minimum atomic E-state index is -0.0768. The molecule has 1 unspecified atom stereocenters. The van der Waals surface area contributed by atoms with E-state index in [4.69, 9.17) is 5.26 Å². The van der Waals surface area contributed by atoms with E-state index in [0.29, 0.717) is 6.04 Å². The molecule has 0 aliphatic heterocycles. The average molecular weight is 220 g/mol. The first-order valence-electron chi connectivity index (χ1n) is 5.83. The van der Waals surface area contributed by atoms with Crippen molar-refractivity contribution in [2.45, 2.75) is 52.2 Å². The number of rotatable bonds is 6. The molecular weight excluding hydrogens is 200 g/mol. The van der Waals surface area contributed by atoms with Crippen molar-refractivity contribution in [3.05, 3.63) is 18.2 Å². The summed E-state index contributed by atoms with van der Waals surface area (Å²) in [6, 6.07) is 2.56. The number of nitrogens with one attached hydrogen (secondary N) is 1. The Labute approximate surface area is 97.3 Å². The van der Waals surface area contributed by atoms with Crippen LogP contribution in [0.2, 0.25) is 0 Å². The molecule has 4 heteroatoms. The highest BCUT2D eigenvalue weighted by Crippen LogP contribution is 2.02. The largest absolute Gasteiger partial charge is 0.335 e. The second-order valence-electron chi connectivity index (χ2n) is 4.18. The summed E-state index contributed by atoms with van der Waals surface area (Å²) in [5.41, 5.74) is 0. The summed E-state index contributed by atoms with van der Waals surface area (Å²) in [7, 11) is 0. The lowest BCUT2D eigenvalue weighted by Gasteiger charge is -2.15. The van der Waals surface area contributed by atoms with Crippen LogP contribution >= 0.6 is 0 Å².